The van der Waals surface area contributed by atoms with E-state index in [-0.39, 0.29) is 18.2 Å². The second-order valence-electron chi connectivity index (χ2n) is 6.36. The Kier molecular flexibility index (Phi) is 3.75. The third-order valence-electron chi connectivity index (χ3n) is 3.77. The molecule has 0 N–H and O–H groups in total. The third-order valence-corrected chi connectivity index (χ3v) is 3.77. The number of fused-ring (bicyclic) bond motifs is 2. The van der Waals surface area contributed by atoms with Crippen LogP contribution in [0.3, 0.4) is 0 Å². The number of hydrogen-bond acceptors (Lipinski definition) is 5. The van der Waals surface area contributed by atoms with Gasteiger partial charge < -0.3 is 14.4 Å². The van der Waals surface area contributed by atoms with Gasteiger partial charge in [-0.25, -0.2) is 4.79 Å². The quantitative estimate of drug-likeness (QED) is 0.539. The summed E-state index contributed by atoms with van der Waals surface area (Å²) in [6, 6.07) is -0.577. The minimum atomic E-state index is -0.869. The second kappa shape index (κ2) is 5.07. The Morgan fingerprint density at radius 2 is 1.90 bits per heavy atom. The Balaban J connectivity index is 2.21. The van der Waals surface area contributed by atoms with Crippen molar-refractivity contribution in [2.45, 2.75) is 57.7 Å². The van der Waals surface area contributed by atoms with Gasteiger partial charge in [0.2, 0.25) is 0 Å². The summed E-state index contributed by atoms with van der Waals surface area (Å²) >= 11 is 0. The number of Topliss-reactive ketones (excluding diaryl/α,β-unsaturated/α-hetero) is 1. The van der Waals surface area contributed by atoms with E-state index in [1.54, 1.807) is 25.7 Å². The fraction of sp³-hybridized carbons (Fsp3) is 0.786. The molecule has 2 rings (SSSR count). The number of piperidine rings is 1. The number of ketones is 1. The van der Waals surface area contributed by atoms with Gasteiger partial charge in [-0.3, -0.25) is 9.59 Å². The maximum Gasteiger partial charge on any atom is 0.410 e. The number of nitrogens with zero attached hydrogens (tertiary/aromatic N) is 1. The van der Waals surface area contributed by atoms with Gasteiger partial charge in [0.25, 0.3) is 0 Å². The molecule has 0 aromatic carbocycles. The van der Waals surface area contributed by atoms with Crippen molar-refractivity contribution in [3.63, 3.8) is 0 Å². The zero-order valence-electron chi connectivity index (χ0n) is 12.3. The Morgan fingerprint density at radius 3 is 2.45 bits per heavy atom. The summed E-state index contributed by atoms with van der Waals surface area (Å²) in [6.45, 7) is 5.37. The molecule has 0 aliphatic carbocycles. The summed E-state index contributed by atoms with van der Waals surface area (Å²) in [7, 11) is 1.26. The molecule has 112 valence electrons. The SMILES string of the molecule is COC(=O)C1C(=O)C[C@@H]2CC[C@H]1N2C(=O)OC(C)(C)C. The van der Waals surface area contributed by atoms with Crippen molar-refractivity contribution < 1.29 is 23.9 Å². The van der Waals surface area contributed by atoms with Crippen LogP contribution in [0.1, 0.15) is 40.0 Å². The van der Waals surface area contributed by atoms with E-state index < -0.39 is 29.6 Å². The number of amides is 1. The fourth-order valence-corrected chi connectivity index (χ4v) is 3.03. The lowest BCUT2D eigenvalue weighted by molar-refractivity contribution is -0.154. The lowest BCUT2D eigenvalue weighted by Crippen LogP contribution is -2.55. The average molecular weight is 283 g/mol. The van der Waals surface area contributed by atoms with Crippen molar-refractivity contribution in [3.8, 4) is 0 Å². The van der Waals surface area contributed by atoms with Gasteiger partial charge in [0, 0.05) is 12.5 Å². The number of rotatable bonds is 1. The largest absolute Gasteiger partial charge is 0.468 e. The van der Waals surface area contributed by atoms with E-state index in [9.17, 15) is 14.4 Å². The molecule has 3 atom stereocenters. The van der Waals surface area contributed by atoms with Crippen molar-refractivity contribution >= 4 is 17.8 Å². The molecular formula is C14H21NO5. The van der Waals surface area contributed by atoms with Gasteiger partial charge in [0.05, 0.1) is 13.2 Å². The number of carbonyl (C=O) groups is 3. The molecule has 0 spiro atoms. The molecular weight excluding hydrogens is 262 g/mol. The first-order valence-electron chi connectivity index (χ1n) is 6.86. The lowest BCUT2D eigenvalue weighted by atomic mass is 9.89. The van der Waals surface area contributed by atoms with E-state index >= 15 is 0 Å². The topological polar surface area (TPSA) is 72.9 Å². The Labute approximate surface area is 118 Å². The van der Waals surface area contributed by atoms with Crippen LogP contribution >= 0.6 is 0 Å². The van der Waals surface area contributed by atoms with Gasteiger partial charge >= 0.3 is 12.1 Å². The van der Waals surface area contributed by atoms with E-state index in [0.717, 1.165) is 6.42 Å². The Morgan fingerprint density at radius 1 is 1.25 bits per heavy atom. The highest BCUT2D eigenvalue weighted by atomic mass is 16.6. The average Bonchev–Trinajstić information content (AvgIpc) is 2.63. The van der Waals surface area contributed by atoms with Crippen molar-refractivity contribution in [1.29, 1.82) is 0 Å². The van der Waals surface area contributed by atoms with Crippen LogP contribution in [0.2, 0.25) is 0 Å². The molecule has 1 amide bonds. The third kappa shape index (κ3) is 2.64. The molecule has 6 heteroatoms. The van der Waals surface area contributed by atoms with Crippen LogP contribution in [0, 0.1) is 5.92 Å². The first-order valence-corrected chi connectivity index (χ1v) is 6.86. The van der Waals surface area contributed by atoms with E-state index in [4.69, 9.17) is 9.47 Å². The standard InChI is InChI=1S/C14H21NO5/c1-14(2,3)20-13(18)15-8-5-6-9(15)11(10(16)7-8)12(17)19-4/h8-9,11H,5-7H2,1-4H3/t8-,9+,11?/m0/s1. The van der Waals surface area contributed by atoms with Crippen LogP contribution in [0.5, 0.6) is 0 Å². The van der Waals surface area contributed by atoms with Gasteiger partial charge in [0.1, 0.15) is 11.5 Å². The summed E-state index contributed by atoms with van der Waals surface area (Å²) in [5, 5.41) is 0. The van der Waals surface area contributed by atoms with E-state index in [1.165, 1.54) is 7.11 Å². The predicted molar refractivity (Wildman–Crippen MR) is 70.0 cm³/mol. The number of methoxy groups -OCH3 is 1. The van der Waals surface area contributed by atoms with E-state index in [0.29, 0.717) is 6.42 Å². The molecule has 0 radical (unpaired) electrons. The number of hydrogen-bond donors (Lipinski definition) is 0. The smallest absolute Gasteiger partial charge is 0.410 e. The molecule has 2 heterocycles. The number of esters is 1. The van der Waals surface area contributed by atoms with Crippen LogP contribution in [0.15, 0.2) is 0 Å². The summed E-state index contributed by atoms with van der Waals surface area (Å²) in [6.07, 6.45) is 1.11. The Hall–Kier alpha value is -1.59. The molecule has 6 nitrogen and oxygen atoms in total. The first-order chi connectivity index (χ1) is 9.24. The van der Waals surface area contributed by atoms with Gasteiger partial charge in [-0.05, 0) is 33.6 Å². The van der Waals surface area contributed by atoms with Crippen LogP contribution in [0.4, 0.5) is 4.79 Å². The van der Waals surface area contributed by atoms with Gasteiger partial charge in [-0.15, -0.1) is 0 Å². The summed E-state index contributed by atoms with van der Waals surface area (Å²) in [5.74, 6) is -1.57. The summed E-state index contributed by atoms with van der Waals surface area (Å²) in [4.78, 5) is 37.7. The van der Waals surface area contributed by atoms with Crippen molar-refractivity contribution in [1.82, 2.24) is 4.90 Å². The van der Waals surface area contributed by atoms with Crippen LogP contribution < -0.4 is 0 Å². The fourth-order valence-electron chi connectivity index (χ4n) is 3.03. The lowest BCUT2D eigenvalue weighted by Gasteiger charge is -2.38. The molecule has 2 aliphatic rings. The summed E-state index contributed by atoms with van der Waals surface area (Å²) < 4.78 is 10.1. The normalized spacial score (nSPS) is 29.3. The molecule has 2 aliphatic heterocycles. The van der Waals surface area contributed by atoms with Crippen molar-refractivity contribution in [3.05, 3.63) is 0 Å². The maximum atomic E-state index is 12.3. The molecule has 20 heavy (non-hydrogen) atoms. The maximum absolute atomic E-state index is 12.3. The highest BCUT2D eigenvalue weighted by Gasteiger charge is 2.53. The van der Waals surface area contributed by atoms with Crippen molar-refractivity contribution in [2.75, 3.05) is 7.11 Å². The van der Waals surface area contributed by atoms with Crippen molar-refractivity contribution in [2.24, 2.45) is 5.92 Å². The summed E-state index contributed by atoms with van der Waals surface area (Å²) in [5.41, 5.74) is -0.598. The minimum absolute atomic E-state index is 0.135. The van der Waals surface area contributed by atoms with Crippen LogP contribution in [-0.2, 0) is 19.1 Å². The monoisotopic (exact) mass is 283 g/mol. The highest BCUT2D eigenvalue weighted by molar-refractivity contribution is 6.01. The zero-order valence-corrected chi connectivity index (χ0v) is 12.3. The zero-order chi connectivity index (χ0) is 15.1. The molecule has 2 bridgehead atoms. The predicted octanol–water partition coefficient (Wildman–Crippen LogP) is 1.52. The molecule has 0 saturated carbocycles. The van der Waals surface area contributed by atoms with Gasteiger partial charge in [0.15, 0.2) is 5.78 Å². The van der Waals surface area contributed by atoms with Crippen LogP contribution in [0.25, 0.3) is 0 Å². The minimum Gasteiger partial charge on any atom is -0.468 e. The van der Waals surface area contributed by atoms with Crippen LogP contribution in [-0.4, -0.2) is 47.5 Å². The number of carbonyl (C=O) groups excluding carboxylic acids is 3. The van der Waals surface area contributed by atoms with Gasteiger partial charge in [-0.1, -0.05) is 0 Å². The highest BCUT2D eigenvalue weighted by Crippen LogP contribution is 2.38. The van der Waals surface area contributed by atoms with E-state index in [1.807, 2.05) is 0 Å². The molecule has 0 aromatic heterocycles. The Bertz CT molecular complexity index is 439. The molecule has 2 fully saturated rings. The molecule has 0 aromatic rings. The first kappa shape index (κ1) is 14.8. The second-order valence-corrected chi connectivity index (χ2v) is 6.36. The molecule has 1 unspecified atom stereocenters. The number of ether oxygens (including phenoxy) is 2. The van der Waals surface area contributed by atoms with Gasteiger partial charge in [-0.2, -0.15) is 0 Å². The molecule has 2 saturated heterocycles. The van der Waals surface area contributed by atoms with E-state index in [2.05, 4.69) is 0 Å².